The Balaban J connectivity index is 4.01. The Morgan fingerprint density at radius 1 is 1.33 bits per heavy atom. The highest BCUT2D eigenvalue weighted by molar-refractivity contribution is 6.32. The number of nitrogens with one attached hydrogen (secondary N) is 2. The molecule has 0 aromatic carbocycles. The molecule has 6 heteroatoms. The minimum absolute atomic E-state index is 0.325. The molecule has 2 amide bonds. The molecule has 0 bridgehead atoms. The van der Waals surface area contributed by atoms with E-state index in [9.17, 15) is 14.4 Å². The standard InChI is InChI=1S/C9H16N2O4/c1-4-5-10-7(12)6(2)11-8(13)9(14)15-3/h6H,4-5H2,1-3H3,(H,10,12)(H,11,13). The zero-order valence-corrected chi connectivity index (χ0v) is 9.12. The van der Waals surface area contributed by atoms with E-state index in [1.807, 2.05) is 6.92 Å². The van der Waals surface area contributed by atoms with Gasteiger partial charge in [-0.1, -0.05) is 6.92 Å². The van der Waals surface area contributed by atoms with Crippen LogP contribution in [0.4, 0.5) is 0 Å². The van der Waals surface area contributed by atoms with E-state index in [1.165, 1.54) is 6.92 Å². The Morgan fingerprint density at radius 2 is 1.93 bits per heavy atom. The van der Waals surface area contributed by atoms with Crippen LogP contribution in [-0.2, 0) is 19.1 Å². The smallest absolute Gasteiger partial charge is 0.396 e. The Kier molecular flexibility index (Phi) is 6.08. The summed E-state index contributed by atoms with van der Waals surface area (Å²) in [6, 6.07) is -0.747. The van der Waals surface area contributed by atoms with Crippen LogP contribution in [-0.4, -0.2) is 37.5 Å². The maximum absolute atomic E-state index is 11.3. The van der Waals surface area contributed by atoms with Gasteiger partial charge in [0, 0.05) is 6.54 Å². The van der Waals surface area contributed by atoms with Gasteiger partial charge < -0.3 is 15.4 Å². The van der Waals surface area contributed by atoms with Gasteiger partial charge in [0.2, 0.25) is 5.91 Å². The van der Waals surface area contributed by atoms with E-state index < -0.39 is 17.9 Å². The maximum Gasteiger partial charge on any atom is 0.396 e. The van der Waals surface area contributed by atoms with Crippen LogP contribution in [0.2, 0.25) is 0 Å². The first-order valence-corrected chi connectivity index (χ1v) is 4.69. The Morgan fingerprint density at radius 3 is 2.40 bits per heavy atom. The Hall–Kier alpha value is -1.59. The number of hydrogen-bond donors (Lipinski definition) is 2. The molecule has 6 nitrogen and oxygen atoms in total. The summed E-state index contributed by atoms with van der Waals surface area (Å²) in [4.78, 5) is 33.0. The summed E-state index contributed by atoms with van der Waals surface area (Å²) < 4.78 is 4.19. The van der Waals surface area contributed by atoms with Crippen LogP contribution < -0.4 is 10.6 Å². The summed E-state index contributed by atoms with van der Waals surface area (Å²) in [5.74, 6) is -2.25. The molecule has 0 aliphatic heterocycles. The van der Waals surface area contributed by atoms with Crippen LogP contribution in [0.3, 0.4) is 0 Å². The van der Waals surface area contributed by atoms with Crippen LogP contribution in [0.15, 0.2) is 0 Å². The number of hydrogen-bond acceptors (Lipinski definition) is 4. The molecule has 0 spiro atoms. The van der Waals surface area contributed by atoms with Gasteiger partial charge in [-0.3, -0.25) is 9.59 Å². The monoisotopic (exact) mass is 216 g/mol. The molecule has 0 aliphatic rings. The Labute approximate surface area is 88.4 Å². The third-order valence-corrected chi connectivity index (χ3v) is 1.66. The van der Waals surface area contributed by atoms with Gasteiger partial charge in [0.1, 0.15) is 6.04 Å². The fourth-order valence-corrected chi connectivity index (χ4v) is 0.815. The molecule has 0 radical (unpaired) electrons. The van der Waals surface area contributed by atoms with E-state index >= 15 is 0 Å². The quantitative estimate of drug-likeness (QED) is 0.475. The lowest BCUT2D eigenvalue weighted by atomic mass is 10.3. The topological polar surface area (TPSA) is 84.5 Å². The number of methoxy groups -OCH3 is 1. The van der Waals surface area contributed by atoms with Crippen LogP contribution >= 0.6 is 0 Å². The first kappa shape index (κ1) is 13.4. The molecule has 0 aromatic rings. The lowest BCUT2D eigenvalue weighted by Gasteiger charge is -2.12. The largest absolute Gasteiger partial charge is 0.462 e. The van der Waals surface area contributed by atoms with Gasteiger partial charge in [-0.05, 0) is 13.3 Å². The molecular weight excluding hydrogens is 200 g/mol. The minimum Gasteiger partial charge on any atom is -0.462 e. The summed E-state index contributed by atoms with van der Waals surface area (Å²) in [7, 11) is 1.10. The van der Waals surface area contributed by atoms with E-state index in [0.29, 0.717) is 6.54 Å². The SMILES string of the molecule is CCCNC(=O)C(C)NC(=O)C(=O)OC. The van der Waals surface area contributed by atoms with Crippen LogP contribution in [0.1, 0.15) is 20.3 Å². The normalized spacial score (nSPS) is 11.4. The molecule has 0 saturated carbocycles. The van der Waals surface area contributed by atoms with E-state index in [2.05, 4.69) is 15.4 Å². The fraction of sp³-hybridized carbons (Fsp3) is 0.667. The number of esters is 1. The molecule has 0 rings (SSSR count). The number of rotatable bonds is 4. The first-order chi connectivity index (χ1) is 7.02. The van der Waals surface area contributed by atoms with E-state index in [-0.39, 0.29) is 5.91 Å². The van der Waals surface area contributed by atoms with Crippen molar-refractivity contribution in [3.63, 3.8) is 0 Å². The molecule has 0 heterocycles. The highest BCUT2D eigenvalue weighted by Gasteiger charge is 2.20. The van der Waals surface area contributed by atoms with Crippen molar-refractivity contribution in [2.24, 2.45) is 0 Å². The molecule has 2 N–H and O–H groups in total. The van der Waals surface area contributed by atoms with Crippen LogP contribution in [0.5, 0.6) is 0 Å². The van der Waals surface area contributed by atoms with Gasteiger partial charge in [0.25, 0.3) is 0 Å². The van der Waals surface area contributed by atoms with Crippen LogP contribution in [0.25, 0.3) is 0 Å². The third-order valence-electron chi connectivity index (χ3n) is 1.66. The Bertz CT molecular complexity index is 252. The number of carbonyl (C=O) groups excluding carboxylic acids is 3. The summed E-state index contributed by atoms with van der Waals surface area (Å²) in [5.41, 5.74) is 0. The van der Waals surface area contributed by atoms with Gasteiger partial charge >= 0.3 is 11.9 Å². The van der Waals surface area contributed by atoms with Crippen molar-refractivity contribution in [3.8, 4) is 0 Å². The van der Waals surface area contributed by atoms with Gasteiger partial charge in [-0.2, -0.15) is 0 Å². The van der Waals surface area contributed by atoms with Crippen molar-refractivity contribution >= 4 is 17.8 Å². The zero-order chi connectivity index (χ0) is 11.8. The predicted molar refractivity (Wildman–Crippen MR) is 52.9 cm³/mol. The summed E-state index contributed by atoms with van der Waals surface area (Å²) in [5, 5.41) is 4.80. The van der Waals surface area contributed by atoms with Crippen molar-refractivity contribution in [1.82, 2.24) is 10.6 Å². The van der Waals surface area contributed by atoms with Gasteiger partial charge in [0.05, 0.1) is 7.11 Å². The number of carbonyl (C=O) groups is 3. The second-order valence-corrected chi connectivity index (χ2v) is 2.98. The molecular formula is C9H16N2O4. The molecule has 0 aromatic heterocycles. The second-order valence-electron chi connectivity index (χ2n) is 2.98. The van der Waals surface area contributed by atoms with Crippen molar-refractivity contribution < 1.29 is 19.1 Å². The zero-order valence-electron chi connectivity index (χ0n) is 9.12. The molecule has 1 unspecified atom stereocenters. The van der Waals surface area contributed by atoms with E-state index in [0.717, 1.165) is 13.5 Å². The predicted octanol–water partition coefficient (Wildman–Crippen LogP) is -0.810. The molecule has 0 saturated heterocycles. The summed E-state index contributed by atoms with van der Waals surface area (Å²) >= 11 is 0. The lowest BCUT2D eigenvalue weighted by Crippen LogP contribution is -2.47. The number of amides is 2. The maximum atomic E-state index is 11.3. The molecule has 1 atom stereocenters. The van der Waals surface area contributed by atoms with Crippen LogP contribution in [0, 0.1) is 0 Å². The van der Waals surface area contributed by atoms with Crippen molar-refractivity contribution in [2.75, 3.05) is 13.7 Å². The first-order valence-electron chi connectivity index (χ1n) is 4.69. The lowest BCUT2D eigenvalue weighted by molar-refractivity contribution is -0.153. The van der Waals surface area contributed by atoms with Crippen molar-refractivity contribution in [3.05, 3.63) is 0 Å². The second kappa shape index (κ2) is 6.80. The third kappa shape index (κ3) is 4.99. The molecule has 15 heavy (non-hydrogen) atoms. The van der Waals surface area contributed by atoms with Crippen molar-refractivity contribution in [1.29, 1.82) is 0 Å². The average molecular weight is 216 g/mol. The van der Waals surface area contributed by atoms with E-state index in [1.54, 1.807) is 0 Å². The van der Waals surface area contributed by atoms with Gasteiger partial charge in [-0.15, -0.1) is 0 Å². The minimum atomic E-state index is -1.01. The average Bonchev–Trinajstić information content (AvgIpc) is 2.24. The molecule has 0 fully saturated rings. The summed E-state index contributed by atoms with van der Waals surface area (Å²) in [6.45, 7) is 3.95. The van der Waals surface area contributed by atoms with E-state index in [4.69, 9.17) is 0 Å². The van der Waals surface area contributed by atoms with Gasteiger partial charge in [-0.25, -0.2) is 4.79 Å². The van der Waals surface area contributed by atoms with Crippen molar-refractivity contribution in [2.45, 2.75) is 26.3 Å². The number of ether oxygens (including phenoxy) is 1. The van der Waals surface area contributed by atoms with Gasteiger partial charge in [0.15, 0.2) is 0 Å². The highest BCUT2D eigenvalue weighted by atomic mass is 16.5. The molecule has 0 aliphatic carbocycles. The highest BCUT2D eigenvalue weighted by Crippen LogP contribution is 1.84. The molecule has 86 valence electrons. The fourth-order valence-electron chi connectivity index (χ4n) is 0.815. The summed E-state index contributed by atoms with van der Waals surface area (Å²) in [6.07, 6.45) is 0.809.